The standard InChI is InChI=1S/C36H42N8O5/c1-4-15-43(32(46)19-37-22-45)21-31-38-17-29(41-31)25-9-5-23(6-10-25)24-7-11-26(12-8-24)30-18-39-34(42-30)36(2)27-13-14-28(16-27)44(36)33(47)20-40-35(48)49-3/h5-12,17-18,22,27-28H,4,13-16,19-21H2,1-3H3,(H,37,45)(H,38,41)(H,39,42)(H,40,48)/t27-,28+,36-/m0/s1. The lowest BCUT2D eigenvalue weighted by atomic mass is 9.83. The van der Waals surface area contributed by atoms with Crippen LogP contribution in [0.15, 0.2) is 60.9 Å². The zero-order valence-electron chi connectivity index (χ0n) is 28.0. The molecule has 0 unspecified atom stereocenters. The lowest BCUT2D eigenvalue weighted by molar-refractivity contribution is -0.139. The fourth-order valence-corrected chi connectivity index (χ4v) is 7.34. The molecule has 2 aliphatic rings. The molecule has 13 heteroatoms. The number of nitrogens with zero attached hydrogens (tertiary/aromatic N) is 4. The van der Waals surface area contributed by atoms with Gasteiger partial charge in [-0.1, -0.05) is 55.5 Å². The van der Waals surface area contributed by atoms with E-state index < -0.39 is 11.6 Å². The first-order chi connectivity index (χ1) is 23.7. The summed E-state index contributed by atoms with van der Waals surface area (Å²) in [6.45, 7) is 4.82. The van der Waals surface area contributed by atoms with Crippen LogP contribution in [0.3, 0.4) is 0 Å². The average molecular weight is 667 g/mol. The molecule has 6 rings (SSSR count). The van der Waals surface area contributed by atoms with Crippen LogP contribution in [-0.2, 0) is 31.2 Å². The van der Waals surface area contributed by atoms with Crippen molar-refractivity contribution < 1.29 is 23.9 Å². The Morgan fingerprint density at radius 2 is 1.59 bits per heavy atom. The van der Waals surface area contributed by atoms with Gasteiger partial charge in [-0.15, -0.1) is 0 Å². The summed E-state index contributed by atoms with van der Waals surface area (Å²) in [5.41, 5.74) is 5.22. The number of hydrogen-bond acceptors (Lipinski definition) is 7. The van der Waals surface area contributed by atoms with Gasteiger partial charge >= 0.3 is 6.09 Å². The molecule has 0 radical (unpaired) electrons. The summed E-state index contributed by atoms with van der Waals surface area (Å²) >= 11 is 0. The predicted octanol–water partition coefficient (Wildman–Crippen LogP) is 4.20. The molecule has 2 aromatic carbocycles. The molecule has 0 spiro atoms. The molecule has 4 aromatic rings. The molecule has 3 heterocycles. The van der Waals surface area contributed by atoms with Gasteiger partial charge < -0.3 is 35.1 Å². The summed E-state index contributed by atoms with van der Waals surface area (Å²) in [5.74, 6) is 1.41. The number of benzene rings is 2. The second-order valence-electron chi connectivity index (χ2n) is 12.8. The predicted molar refractivity (Wildman–Crippen MR) is 183 cm³/mol. The van der Waals surface area contributed by atoms with E-state index in [4.69, 9.17) is 4.98 Å². The first-order valence-corrected chi connectivity index (χ1v) is 16.6. The van der Waals surface area contributed by atoms with Gasteiger partial charge in [0, 0.05) is 12.6 Å². The Kier molecular flexibility index (Phi) is 9.79. The lowest BCUT2D eigenvalue weighted by Crippen LogP contribution is -2.54. The zero-order chi connectivity index (χ0) is 34.5. The van der Waals surface area contributed by atoms with Crippen LogP contribution in [0.5, 0.6) is 0 Å². The van der Waals surface area contributed by atoms with Gasteiger partial charge in [0.15, 0.2) is 0 Å². The highest BCUT2D eigenvalue weighted by molar-refractivity contribution is 5.84. The van der Waals surface area contributed by atoms with E-state index in [9.17, 15) is 19.2 Å². The van der Waals surface area contributed by atoms with E-state index in [2.05, 4.69) is 73.6 Å². The van der Waals surface area contributed by atoms with E-state index in [1.165, 1.54) is 7.11 Å². The van der Waals surface area contributed by atoms with Gasteiger partial charge in [-0.25, -0.2) is 14.8 Å². The van der Waals surface area contributed by atoms with Gasteiger partial charge in [0.25, 0.3) is 0 Å². The summed E-state index contributed by atoms with van der Waals surface area (Å²) in [7, 11) is 1.28. The van der Waals surface area contributed by atoms with Crippen LogP contribution in [0.1, 0.15) is 51.2 Å². The Balaban J connectivity index is 1.12. The molecular weight excluding hydrogens is 624 g/mol. The molecule has 1 aliphatic carbocycles. The van der Waals surface area contributed by atoms with Crippen LogP contribution in [0, 0.1) is 5.92 Å². The summed E-state index contributed by atoms with van der Waals surface area (Å²) < 4.78 is 4.64. The summed E-state index contributed by atoms with van der Waals surface area (Å²) in [4.78, 5) is 67.6. The maximum absolute atomic E-state index is 13.3. The number of ether oxygens (including phenoxy) is 1. The van der Waals surface area contributed by atoms with Crippen molar-refractivity contribution in [1.29, 1.82) is 0 Å². The summed E-state index contributed by atoms with van der Waals surface area (Å²) in [5, 5.41) is 4.96. The monoisotopic (exact) mass is 666 g/mol. The Bertz CT molecular complexity index is 1800. The second kappa shape index (κ2) is 14.3. The molecule has 2 fully saturated rings. The quantitative estimate of drug-likeness (QED) is 0.155. The second-order valence-corrected chi connectivity index (χ2v) is 12.8. The zero-order valence-corrected chi connectivity index (χ0v) is 28.0. The van der Waals surface area contributed by atoms with Crippen molar-refractivity contribution in [3.8, 4) is 33.6 Å². The number of H-pyrrole nitrogens is 2. The molecule has 2 aromatic heterocycles. The van der Waals surface area contributed by atoms with Crippen LogP contribution in [0.25, 0.3) is 33.6 Å². The third-order valence-corrected chi connectivity index (χ3v) is 9.84. The number of amides is 4. The Morgan fingerprint density at radius 3 is 2.22 bits per heavy atom. The molecule has 2 bridgehead atoms. The molecule has 13 nitrogen and oxygen atoms in total. The van der Waals surface area contributed by atoms with E-state index in [1.807, 2.05) is 30.2 Å². The van der Waals surface area contributed by atoms with Crippen molar-refractivity contribution in [2.24, 2.45) is 5.92 Å². The highest BCUT2D eigenvalue weighted by atomic mass is 16.5. The molecule has 4 N–H and O–H groups in total. The minimum absolute atomic E-state index is 0.0391. The van der Waals surface area contributed by atoms with Crippen molar-refractivity contribution in [3.05, 3.63) is 72.6 Å². The lowest BCUT2D eigenvalue weighted by Gasteiger charge is -2.43. The van der Waals surface area contributed by atoms with Gasteiger partial charge in [0.1, 0.15) is 23.7 Å². The van der Waals surface area contributed by atoms with Crippen LogP contribution < -0.4 is 10.6 Å². The van der Waals surface area contributed by atoms with Crippen molar-refractivity contribution in [3.63, 3.8) is 0 Å². The van der Waals surface area contributed by atoms with Gasteiger partial charge in [0.05, 0.1) is 44.0 Å². The number of carbonyl (C=O) groups is 4. The number of alkyl carbamates (subject to hydrolysis) is 1. The third-order valence-electron chi connectivity index (χ3n) is 9.84. The fraction of sp³-hybridized carbons (Fsp3) is 0.389. The van der Waals surface area contributed by atoms with Crippen LogP contribution in [0.2, 0.25) is 0 Å². The molecule has 1 aliphatic heterocycles. The SMILES string of the molecule is CCCN(Cc1ncc(-c2ccc(-c3ccc(-c4cnc([C@]5(C)[C@H]6CC[C@H](C6)N5C(=O)CNC(=O)OC)[nH]4)cc3)cc2)[nH]1)C(=O)CNC=O. The number of piperidine rings is 1. The molecule has 256 valence electrons. The average Bonchev–Trinajstić information content (AvgIpc) is 3.95. The van der Waals surface area contributed by atoms with Crippen molar-refractivity contribution in [1.82, 2.24) is 40.4 Å². The maximum Gasteiger partial charge on any atom is 0.407 e. The van der Waals surface area contributed by atoms with Crippen LogP contribution in [0.4, 0.5) is 4.79 Å². The van der Waals surface area contributed by atoms with E-state index >= 15 is 0 Å². The van der Waals surface area contributed by atoms with Crippen LogP contribution in [-0.4, -0.2) is 86.8 Å². The van der Waals surface area contributed by atoms with Gasteiger partial charge in [-0.3, -0.25) is 14.4 Å². The number of aromatic amines is 2. The smallest absolute Gasteiger partial charge is 0.407 e. The normalized spacial score (nSPS) is 19.4. The number of rotatable bonds is 13. The molecule has 4 amide bonds. The summed E-state index contributed by atoms with van der Waals surface area (Å²) in [6.07, 6.45) is 7.18. The Labute approximate surface area is 284 Å². The maximum atomic E-state index is 13.3. The number of carbonyl (C=O) groups excluding carboxylic acids is 4. The van der Waals surface area contributed by atoms with Crippen molar-refractivity contribution in [2.75, 3.05) is 26.7 Å². The fourth-order valence-electron chi connectivity index (χ4n) is 7.34. The minimum atomic E-state index is -0.627. The van der Waals surface area contributed by atoms with E-state index in [0.717, 1.165) is 65.1 Å². The third kappa shape index (κ3) is 6.78. The number of methoxy groups -OCH3 is 1. The summed E-state index contributed by atoms with van der Waals surface area (Å²) in [6, 6.07) is 16.6. The Hall–Kier alpha value is -5.46. The number of hydrogen-bond donors (Lipinski definition) is 4. The molecule has 3 atom stereocenters. The molecule has 1 saturated heterocycles. The van der Waals surface area contributed by atoms with Gasteiger partial charge in [-0.2, -0.15) is 0 Å². The number of aromatic nitrogens is 4. The van der Waals surface area contributed by atoms with Gasteiger partial charge in [0.2, 0.25) is 18.2 Å². The topological polar surface area (TPSA) is 165 Å². The van der Waals surface area contributed by atoms with E-state index in [-0.39, 0.29) is 36.9 Å². The Morgan fingerprint density at radius 1 is 0.959 bits per heavy atom. The highest BCUT2D eigenvalue weighted by Crippen LogP contribution is 2.53. The largest absolute Gasteiger partial charge is 0.453 e. The number of likely N-dealkylation sites (tertiary alicyclic amines) is 1. The van der Waals surface area contributed by atoms with Crippen LogP contribution >= 0.6 is 0 Å². The number of nitrogens with one attached hydrogen (secondary N) is 4. The molecule has 1 saturated carbocycles. The highest BCUT2D eigenvalue weighted by Gasteiger charge is 2.58. The van der Waals surface area contributed by atoms with E-state index in [0.29, 0.717) is 25.3 Å². The number of fused-ring (bicyclic) bond motifs is 2. The van der Waals surface area contributed by atoms with Gasteiger partial charge in [-0.05, 0) is 60.8 Å². The van der Waals surface area contributed by atoms with Crippen molar-refractivity contribution in [2.45, 2.75) is 57.7 Å². The molecule has 49 heavy (non-hydrogen) atoms. The van der Waals surface area contributed by atoms with E-state index in [1.54, 1.807) is 11.1 Å². The molecular formula is C36H42N8O5. The minimum Gasteiger partial charge on any atom is -0.453 e. The first kappa shape index (κ1) is 33.4. The first-order valence-electron chi connectivity index (χ1n) is 16.6. The number of imidazole rings is 2. The van der Waals surface area contributed by atoms with Crippen molar-refractivity contribution >= 4 is 24.3 Å².